The molecule has 7 rings (SSSR count). The summed E-state index contributed by atoms with van der Waals surface area (Å²) in [7, 11) is 0. The van der Waals surface area contributed by atoms with Crippen molar-refractivity contribution < 1.29 is 0 Å². The first-order chi connectivity index (χ1) is 19.8. The van der Waals surface area contributed by atoms with Crippen molar-refractivity contribution in [3.05, 3.63) is 163 Å². The molecule has 0 aliphatic carbocycles. The molecule has 0 nitrogen and oxygen atoms in total. The highest BCUT2D eigenvalue weighted by atomic mass is 14.2. The molecule has 0 atom stereocenters. The van der Waals surface area contributed by atoms with E-state index in [1.807, 2.05) is 6.08 Å². The molecule has 0 aliphatic rings. The first-order valence-corrected chi connectivity index (χ1v) is 13.7. The van der Waals surface area contributed by atoms with Crippen LogP contribution in [-0.2, 0) is 0 Å². The second kappa shape index (κ2) is 10.2. The van der Waals surface area contributed by atoms with Gasteiger partial charge >= 0.3 is 0 Å². The van der Waals surface area contributed by atoms with Crippen LogP contribution >= 0.6 is 0 Å². The predicted molar refractivity (Wildman–Crippen MR) is 175 cm³/mol. The third-order valence-corrected chi connectivity index (χ3v) is 7.84. The zero-order chi connectivity index (χ0) is 26.9. The molecule has 188 valence electrons. The number of hydrogen-bond donors (Lipinski definition) is 0. The molecule has 0 aliphatic heterocycles. The van der Waals surface area contributed by atoms with Crippen LogP contribution in [0.5, 0.6) is 0 Å². The van der Waals surface area contributed by atoms with Gasteiger partial charge in [-0.3, -0.25) is 0 Å². The van der Waals surface area contributed by atoms with Crippen molar-refractivity contribution in [3.8, 4) is 22.3 Å². The van der Waals surface area contributed by atoms with Gasteiger partial charge in [-0.2, -0.15) is 0 Å². The van der Waals surface area contributed by atoms with Gasteiger partial charge in [-0.05, 0) is 71.3 Å². The van der Waals surface area contributed by atoms with E-state index in [1.165, 1.54) is 65.7 Å². The van der Waals surface area contributed by atoms with E-state index in [0.29, 0.717) is 0 Å². The lowest BCUT2D eigenvalue weighted by Crippen LogP contribution is -1.97. The van der Waals surface area contributed by atoms with Gasteiger partial charge in [0.25, 0.3) is 0 Å². The lowest BCUT2D eigenvalue weighted by molar-refractivity contribution is 1.59. The van der Waals surface area contributed by atoms with Gasteiger partial charge in [-0.1, -0.05) is 164 Å². The molecule has 0 spiro atoms. The van der Waals surface area contributed by atoms with Crippen molar-refractivity contribution in [1.29, 1.82) is 0 Å². The van der Waals surface area contributed by atoms with Crippen LogP contribution in [-0.4, -0.2) is 0 Å². The summed E-state index contributed by atoms with van der Waals surface area (Å²) in [6.07, 6.45) is 6.54. The van der Waals surface area contributed by atoms with Gasteiger partial charge in [0.15, 0.2) is 0 Å². The maximum Gasteiger partial charge on any atom is -0.00139 e. The zero-order valence-corrected chi connectivity index (χ0v) is 22.2. The molecule has 40 heavy (non-hydrogen) atoms. The van der Waals surface area contributed by atoms with Crippen molar-refractivity contribution in [3.63, 3.8) is 0 Å². The van der Waals surface area contributed by atoms with E-state index in [9.17, 15) is 0 Å². The first kappa shape index (κ1) is 23.9. The van der Waals surface area contributed by atoms with Crippen LogP contribution in [0.2, 0.25) is 0 Å². The van der Waals surface area contributed by atoms with Crippen molar-refractivity contribution in [2.24, 2.45) is 0 Å². The molecule has 0 amide bonds. The van der Waals surface area contributed by atoms with Gasteiger partial charge in [0.2, 0.25) is 0 Å². The average Bonchev–Trinajstić information content (AvgIpc) is 3.03. The van der Waals surface area contributed by atoms with E-state index in [4.69, 9.17) is 0 Å². The number of benzene rings is 7. The van der Waals surface area contributed by atoms with Gasteiger partial charge in [-0.15, -0.1) is 0 Å². The SMILES string of the molecule is C=Cc1c(C=Cc2ccccc2)c(-c2ccccc2)c(-c2cccc3ccccc23)c2ccc3ccccc3c12. The van der Waals surface area contributed by atoms with Crippen molar-refractivity contribution >= 4 is 50.5 Å². The van der Waals surface area contributed by atoms with E-state index >= 15 is 0 Å². The van der Waals surface area contributed by atoms with Gasteiger partial charge in [0, 0.05) is 0 Å². The summed E-state index contributed by atoms with van der Waals surface area (Å²) in [6.45, 7) is 4.36. The second-order valence-electron chi connectivity index (χ2n) is 10.1. The summed E-state index contributed by atoms with van der Waals surface area (Å²) in [4.78, 5) is 0. The Morgan fingerprint density at radius 2 is 1.05 bits per heavy atom. The molecule has 0 fully saturated rings. The fourth-order valence-electron chi connectivity index (χ4n) is 6.07. The molecular formula is C40H28. The van der Waals surface area contributed by atoms with Crippen LogP contribution in [0.15, 0.2) is 146 Å². The summed E-state index contributed by atoms with van der Waals surface area (Å²) in [5, 5.41) is 7.44. The molecule has 7 aromatic rings. The van der Waals surface area contributed by atoms with Gasteiger partial charge < -0.3 is 0 Å². The quantitative estimate of drug-likeness (QED) is 0.160. The molecule has 0 saturated heterocycles. The largest absolute Gasteiger partial charge is 0.0984 e. The Morgan fingerprint density at radius 3 is 1.80 bits per heavy atom. The lowest BCUT2D eigenvalue weighted by Gasteiger charge is -2.23. The molecule has 0 bridgehead atoms. The monoisotopic (exact) mass is 508 g/mol. The smallest absolute Gasteiger partial charge is 0.00139 e. The standard InChI is InChI=1S/C40H28/c1-2-32-36(26-24-28-14-5-3-6-15-28)38(31-18-7-4-8-19-31)40(35-23-13-20-29-16-9-11-21-33(29)35)37-27-25-30-17-10-12-22-34(30)39(32)37/h2-27H,1H2. The molecule has 0 heteroatoms. The molecule has 0 unspecified atom stereocenters. The molecule has 0 radical (unpaired) electrons. The summed E-state index contributed by atoms with van der Waals surface area (Å²) in [6, 6.07) is 49.9. The van der Waals surface area contributed by atoms with E-state index in [2.05, 4.69) is 158 Å². The summed E-state index contributed by atoms with van der Waals surface area (Å²) in [5.74, 6) is 0. The molecular weight excluding hydrogens is 480 g/mol. The van der Waals surface area contributed by atoms with Crippen LogP contribution in [0.1, 0.15) is 16.7 Å². The number of fused-ring (bicyclic) bond motifs is 4. The first-order valence-electron chi connectivity index (χ1n) is 13.7. The van der Waals surface area contributed by atoms with E-state index in [-0.39, 0.29) is 0 Å². The number of hydrogen-bond acceptors (Lipinski definition) is 0. The second-order valence-corrected chi connectivity index (χ2v) is 10.1. The lowest BCUT2D eigenvalue weighted by atomic mass is 9.80. The topological polar surface area (TPSA) is 0 Å². The molecule has 0 saturated carbocycles. The van der Waals surface area contributed by atoms with Crippen molar-refractivity contribution in [2.75, 3.05) is 0 Å². The van der Waals surface area contributed by atoms with Crippen LogP contribution in [0.4, 0.5) is 0 Å². The minimum Gasteiger partial charge on any atom is -0.0984 e. The Morgan fingerprint density at radius 1 is 0.425 bits per heavy atom. The maximum absolute atomic E-state index is 4.36. The average molecular weight is 509 g/mol. The predicted octanol–water partition coefficient (Wildman–Crippen LogP) is 11.3. The van der Waals surface area contributed by atoms with Crippen molar-refractivity contribution in [2.45, 2.75) is 0 Å². The summed E-state index contributed by atoms with van der Waals surface area (Å²) < 4.78 is 0. The zero-order valence-electron chi connectivity index (χ0n) is 22.2. The molecule has 0 heterocycles. The Bertz CT molecular complexity index is 2040. The van der Waals surface area contributed by atoms with Gasteiger partial charge in [0.05, 0.1) is 0 Å². The molecule has 0 aromatic heterocycles. The normalized spacial score (nSPS) is 11.5. The van der Waals surface area contributed by atoms with Crippen LogP contribution in [0, 0.1) is 0 Å². The van der Waals surface area contributed by atoms with E-state index < -0.39 is 0 Å². The van der Waals surface area contributed by atoms with Crippen molar-refractivity contribution in [1.82, 2.24) is 0 Å². The minimum absolute atomic E-state index is 1.15. The highest BCUT2D eigenvalue weighted by molar-refractivity contribution is 6.22. The summed E-state index contributed by atoms with van der Waals surface area (Å²) >= 11 is 0. The minimum atomic E-state index is 1.15. The van der Waals surface area contributed by atoms with E-state index in [1.54, 1.807) is 0 Å². The Labute approximate surface area is 235 Å². The Hall–Kier alpha value is -5.20. The fraction of sp³-hybridized carbons (Fsp3) is 0. The third kappa shape index (κ3) is 4.02. The summed E-state index contributed by atoms with van der Waals surface area (Å²) in [5.41, 5.74) is 8.40. The van der Waals surface area contributed by atoms with E-state index in [0.717, 1.165) is 5.56 Å². The number of rotatable bonds is 5. The molecule has 0 N–H and O–H groups in total. The van der Waals surface area contributed by atoms with Gasteiger partial charge in [-0.25, -0.2) is 0 Å². The maximum atomic E-state index is 4.36. The van der Waals surface area contributed by atoms with Gasteiger partial charge in [0.1, 0.15) is 0 Å². The Balaban J connectivity index is 1.72. The van der Waals surface area contributed by atoms with Crippen LogP contribution in [0.25, 0.3) is 72.8 Å². The highest BCUT2D eigenvalue weighted by Gasteiger charge is 2.22. The Kier molecular flexibility index (Phi) is 6.07. The van der Waals surface area contributed by atoms with Crippen LogP contribution < -0.4 is 0 Å². The third-order valence-electron chi connectivity index (χ3n) is 7.84. The highest BCUT2D eigenvalue weighted by Crippen LogP contribution is 2.47. The fourth-order valence-corrected chi connectivity index (χ4v) is 6.07. The molecule has 7 aromatic carbocycles. The van der Waals surface area contributed by atoms with Crippen LogP contribution in [0.3, 0.4) is 0 Å².